The van der Waals surface area contributed by atoms with Crippen LogP contribution in [0, 0.1) is 24.2 Å². The second kappa shape index (κ2) is 11.9. The fourth-order valence-electron chi connectivity index (χ4n) is 5.14. The number of cyclic esters (lactones) is 1. The molecule has 1 fully saturated rings. The van der Waals surface area contributed by atoms with Gasteiger partial charge in [-0.25, -0.2) is 9.37 Å². The molecule has 8 heteroatoms. The van der Waals surface area contributed by atoms with Crippen LogP contribution in [0.1, 0.15) is 82.8 Å². The van der Waals surface area contributed by atoms with Crippen LogP contribution in [0.3, 0.4) is 0 Å². The maximum absolute atomic E-state index is 15.2. The van der Waals surface area contributed by atoms with Crippen LogP contribution in [0.4, 0.5) is 4.39 Å². The molecular weight excluding hydrogens is 469 g/mol. The quantitative estimate of drug-likeness (QED) is 0.416. The Morgan fingerprint density at radius 2 is 1.94 bits per heavy atom. The van der Waals surface area contributed by atoms with Crippen molar-refractivity contribution in [3.8, 4) is 0 Å². The van der Waals surface area contributed by atoms with Gasteiger partial charge in [-0.2, -0.15) is 0 Å². The molecule has 1 saturated carbocycles. The normalized spacial score (nSPS) is 33.1. The Kier molecular flexibility index (Phi) is 9.40. The predicted octanol–water partition coefficient (Wildman–Crippen LogP) is 5.32. The number of aliphatic hydroxyl groups is 2. The van der Waals surface area contributed by atoms with Gasteiger partial charge >= 0.3 is 5.97 Å². The summed E-state index contributed by atoms with van der Waals surface area (Å²) in [5.74, 6) is -2.28. The summed E-state index contributed by atoms with van der Waals surface area (Å²) in [7, 11) is 0. The Bertz CT molecular complexity index is 967. The van der Waals surface area contributed by atoms with Crippen molar-refractivity contribution in [3.05, 3.63) is 33.6 Å². The van der Waals surface area contributed by atoms with Crippen molar-refractivity contribution in [2.45, 2.75) is 97.4 Å². The summed E-state index contributed by atoms with van der Waals surface area (Å²) < 4.78 is 20.7. The highest BCUT2D eigenvalue weighted by molar-refractivity contribution is 7.09. The van der Waals surface area contributed by atoms with Gasteiger partial charge in [-0.05, 0) is 51.9 Å². The number of allylic oxidation sites excluding steroid dienone is 1. The summed E-state index contributed by atoms with van der Waals surface area (Å²) >= 11 is 1.41. The van der Waals surface area contributed by atoms with Crippen molar-refractivity contribution in [1.82, 2.24) is 4.98 Å². The largest absolute Gasteiger partial charge is 0.455 e. The number of rotatable bonds is 2. The van der Waals surface area contributed by atoms with Crippen LogP contribution >= 0.6 is 11.3 Å². The average Bonchev–Trinajstić information content (AvgIpc) is 3.18. The van der Waals surface area contributed by atoms with Gasteiger partial charge in [0, 0.05) is 23.8 Å². The van der Waals surface area contributed by atoms with Crippen LogP contribution in [0.5, 0.6) is 0 Å². The Hall–Kier alpha value is -1.90. The minimum absolute atomic E-state index is 0.0800. The van der Waals surface area contributed by atoms with Gasteiger partial charge in [-0.1, -0.05) is 31.9 Å². The number of carbonyl (C=O) groups is 2. The molecule has 35 heavy (non-hydrogen) atoms. The summed E-state index contributed by atoms with van der Waals surface area (Å²) in [6, 6.07) is 0. The first-order chi connectivity index (χ1) is 16.5. The number of halogens is 1. The molecule has 0 saturated heterocycles. The van der Waals surface area contributed by atoms with Crippen LogP contribution in [0.25, 0.3) is 6.08 Å². The van der Waals surface area contributed by atoms with Crippen molar-refractivity contribution in [3.63, 3.8) is 0 Å². The van der Waals surface area contributed by atoms with Crippen LogP contribution in [0.15, 0.2) is 22.9 Å². The lowest BCUT2D eigenvalue weighted by Gasteiger charge is -2.46. The van der Waals surface area contributed by atoms with Gasteiger partial charge in [0.1, 0.15) is 11.6 Å². The SMILES string of the molecule is C/C1=C/C[C@@H](/C(F)=C/c2csc(C)n2)OC(=O)C[C@@H](O)C2(CCC2)C(=O)[C@H](C)[C@@H](O)[C@H](C)CCC1. The molecule has 0 radical (unpaired) electrons. The van der Waals surface area contributed by atoms with Crippen molar-refractivity contribution in [1.29, 1.82) is 0 Å². The molecular formula is C27H38FNO5S. The van der Waals surface area contributed by atoms with Gasteiger partial charge in [0.05, 0.1) is 34.7 Å². The molecule has 0 bridgehead atoms. The van der Waals surface area contributed by atoms with E-state index in [2.05, 4.69) is 4.98 Å². The third-order valence-electron chi connectivity index (χ3n) is 7.66. The first-order valence-corrected chi connectivity index (χ1v) is 13.5. The molecule has 5 atom stereocenters. The van der Waals surface area contributed by atoms with E-state index in [9.17, 15) is 19.8 Å². The second-order valence-electron chi connectivity index (χ2n) is 10.3. The molecule has 1 aromatic heterocycles. The number of aliphatic hydroxyl groups excluding tert-OH is 2. The number of hydrogen-bond donors (Lipinski definition) is 2. The molecule has 2 aliphatic rings. The number of ether oxygens (including phenoxy) is 1. The number of aromatic nitrogens is 1. The third kappa shape index (κ3) is 6.66. The maximum Gasteiger partial charge on any atom is 0.309 e. The molecule has 2 heterocycles. The zero-order chi connectivity index (χ0) is 25.8. The molecule has 0 amide bonds. The fraction of sp³-hybridized carbons (Fsp3) is 0.667. The number of Topliss-reactive ketones (excluding diaryl/α,β-unsaturated/α-hetero) is 1. The highest BCUT2D eigenvalue weighted by Gasteiger charge is 2.52. The standard InChI is InChI=1S/C27H38FNO5S/c1-16-7-5-8-17(2)25(32)18(3)26(33)27(11-6-12-27)23(30)14-24(31)34-22(10-9-16)21(28)13-20-15-35-19(4)29-20/h9,13,15,17-18,22-23,25,30,32H,5-8,10-12,14H2,1-4H3/b16-9-,21-13-/t17-,18-,22+,23-,25+/m1/s1. The van der Waals surface area contributed by atoms with Gasteiger partial charge in [-0.3, -0.25) is 9.59 Å². The molecule has 0 aromatic carbocycles. The van der Waals surface area contributed by atoms with Crippen molar-refractivity contribution in [2.75, 3.05) is 0 Å². The van der Waals surface area contributed by atoms with Gasteiger partial charge in [-0.15, -0.1) is 11.3 Å². The number of thiazole rings is 1. The zero-order valence-electron chi connectivity index (χ0n) is 21.1. The highest BCUT2D eigenvalue weighted by atomic mass is 32.1. The van der Waals surface area contributed by atoms with Gasteiger partial charge in [0.2, 0.25) is 0 Å². The number of carbonyl (C=O) groups excluding carboxylic acids is 2. The smallest absolute Gasteiger partial charge is 0.309 e. The molecule has 3 rings (SSSR count). The molecule has 0 unspecified atom stereocenters. The highest BCUT2D eigenvalue weighted by Crippen LogP contribution is 2.48. The minimum Gasteiger partial charge on any atom is -0.455 e. The number of ketones is 1. The monoisotopic (exact) mass is 507 g/mol. The van der Waals surface area contributed by atoms with Crippen LogP contribution < -0.4 is 0 Å². The van der Waals surface area contributed by atoms with Gasteiger partial charge in [0.15, 0.2) is 6.10 Å². The minimum atomic E-state index is -1.24. The topological polar surface area (TPSA) is 96.7 Å². The molecule has 1 spiro atoms. The van der Waals surface area contributed by atoms with E-state index in [0.717, 1.165) is 36.3 Å². The van der Waals surface area contributed by atoms with E-state index >= 15 is 4.39 Å². The fourth-order valence-corrected chi connectivity index (χ4v) is 5.71. The van der Waals surface area contributed by atoms with E-state index < -0.39 is 47.9 Å². The molecule has 2 N–H and O–H groups in total. The first-order valence-electron chi connectivity index (χ1n) is 12.6. The van der Waals surface area contributed by atoms with Crippen LogP contribution in [-0.4, -0.2) is 45.3 Å². The lowest BCUT2D eigenvalue weighted by Crippen LogP contribution is -2.53. The summed E-state index contributed by atoms with van der Waals surface area (Å²) in [6.45, 7) is 7.43. The summed E-state index contributed by atoms with van der Waals surface area (Å²) in [5.41, 5.74) is 0.443. The zero-order valence-corrected chi connectivity index (χ0v) is 21.9. The molecule has 1 aromatic rings. The molecule has 194 valence electrons. The second-order valence-corrected chi connectivity index (χ2v) is 11.4. The maximum atomic E-state index is 15.2. The van der Waals surface area contributed by atoms with Crippen LogP contribution in [0.2, 0.25) is 0 Å². The van der Waals surface area contributed by atoms with Crippen molar-refractivity contribution >= 4 is 29.2 Å². The summed E-state index contributed by atoms with van der Waals surface area (Å²) in [6.07, 6.45) is 3.77. The average molecular weight is 508 g/mol. The predicted molar refractivity (Wildman–Crippen MR) is 134 cm³/mol. The molecule has 6 nitrogen and oxygen atoms in total. The van der Waals surface area contributed by atoms with E-state index in [0.29, 0.717) is 18.5 Å². The molecule has 1 aliphatic heterocycles. The van der Waals surface area contributed by atoms with E-state index in [1.165, 1.54) is 17.4 Å². The Morgan fingerprint density at radius 1 is 1.23 bits per heavy atom. The molecule has 1 aliphatic carbocycles. The number of esters is 1. The van der Waals surface area contributed by atoms with Gasteiger partial charge in [0.25, 0.3) is 0 Å². The van der Waals surface area contributed by atoms with Crippen LogP contribution in [-0.2, 0) is 14.3 Å². The Morgan fingerprint density at radius 3 is 2.54 bits per heavy atom. The number of hydrogen-bond acceptors (Lipinski definition) is 7. The van der Waals surface area contributed by atoms with Crippen molar-refractivity contribution < 1.29 is 28.9 Å². The lowest BCUT2D eigenvalue weighted by molar-refractivity contribution is -0.161. The van der Waals surface area contributed by atoms with Crippen molar-refractivity contribution in [2.24, 2.45) is 17.3 Å². The van der Waals surface area contributed by atoms with Gasteiger partial charge < -0.3 is 14.9 Å². The van der Waals surface area contributed by atoms with E-state index in [1.807, 2.05) is 26.8 Å². The first kappa shape index (κ1) is 27.7. The Balaban J connectivity index is 1.87. The Labute approximate surface area is 211 Å². The summed E-state index contributed by atoms with van der Waals surface area (Å²) in [4.78, 5) is 30.4. The van der Waals surface area contributed by atoms with E-state index in [4.69, 9.17) is 4.74 Å². The van der Waals surface area contributed by atoms with E-state index in [1.54, 1.807) is 12.3 Å². The third-order valence-corrected chi connectivity index (χ3v) is 8.45. The number of aryl methyl sites for hydroxylation is 1. The number of nitrogens with zero attached hydrogens (tertiary/aromatic N) is 1. The summed E-state index contributed by atoms with van der Waals surface area (Å²) in [5, 5.41) is 24.4. The lowest BCUT2D eigenvalue weighted by atomic mass is 9.58. The van der Waals surface area contributed by atoms with E-state index in [-0.39, 0.29) is 18.1 Å².